The zero-order chi connectivity index (χ0) is 38.8. The lowest BCUT2D eigenvalue weighted by molar-refractivity contribution is 0.449. The van der Waals surface area contributed by atoms with E-state index in [9.17, 15) is 0 Å². The molecule has 0 radical (unpaired) electrons. The van der Waals surface area contributed by atoms with Crippen molar-refractivity contribution in [3.05, 3.63) is 215 Å². The van der Waals surface area contributed by atoms with Crippen molar-refractivity contribution in [2.75, 3.05) is 0 Å². The van der Waals surface area contributed by atoms with E-state index >= 15 is 0 Å². The van der Waals surface area contributed by atoms with Gasteiger partial charge >= 0.3 is 0 Å². The molecular formula is C54H39N5. The number of pyridine rings is 1. The number of aliphatic imine (C=N–C) groups is 2. The van der Waals surface area contributed by atoms with E-state index in [0.717, 1.165) is 40.7 Å². The minimum absolute atomic E-state index is 0.104. The van der Waals surface area contributed by atoms with Gasteiger partial charge in [0.05, 0.1) is 17.1 Å². The summed E-state index contributed by atoms with van der Waals surface area (Å²) in [5, 5.41) is 2.33. The molecule has 2 bridgehead atoms. The number of aromatic nitrogens is 2. The predicted molar refractivity (Wildman–Crippen MR) is 241 cm³/mol. The molecule has 280 valence electrons. The molecule has 13 rings (SSSR count). The third kappa shape index (κ3) is 4.88. The van der Waals surface area contributed by atoms with E-state index in [-0.39, 0.29) is 6.04 Å². The number of imidazole rings is 1. The molecular weight excluding hydrogens is 719 g/mol. The summed E-state index contributed by atoms with van der Waals surface area (Å²) in [6, 6.07) is 42.4. The fourth-order valence-corrected chi connectivity index (χ4v) is 10.6. The molecule has 3 aliphatic carbocycles. The quantitative estimate of drug-likeness (QED) is 0.180. The molecule has 59 heavy (non-hydrogen) atoms. The molecule has 3 aliphatic heterocycles. The van der Waals surface area contributed by atoms with Gasteiger partial charge in [0.2, 0.25) is 0 Å². The first-order valence-corrected chi connectivity index (χ1v) is 20.9. The van der Waals surface area contributed by atoms with Crippen LogP contribution in [0.4, 0.5) is 0 Å². The van der Waals surface area contributed by atoms with E-state index < -0.39 is 0 Å². The maximum Gasteiger partial charge on any atom is 0.145 e. The average Bonchev–Trinajstić information content (AvgIpc) is 3.83. The van der Waals surface area contributed by atoms with Gasteiger partial charge in [0.1, 0.15) is 11.5 Å². The number of hydrogen-bond donors (Lipinski definition) is 0. The summed E-state index contributed by atoms with van der Waals surface area (Å²) in [5.74, 6) is 2.07. The van der Waals surface area contributed by atoms with Crippen LogP contribution >= 0.6 is 0 Å². The molecule has 2 aromatic heterocycles. The molecule has 0 saturated heterocycles. The second-order valence-corrected chi connectivity index (χ2v) is 16.8. The van der Waals surface area contributed by atoms with E-state index in [2.05, 4.69) is 186 Å². The predicted octanol–water partition coefficient (Wildman–Crippen LogP) is 11.9. The molecule has 0 amide bonds. The highest BCUT2D eigenvalue weighted by molar-refractivity contribution is 6.12. The smallest absolute Gasteiger partial charge is 0.145 e. The summed E-state index contributed by atoms with van der Waals surface area (Å²) >= 11 is 0. The number of allylic oxidation sites excluding steroid dienone is 7. The Morgan fingerprint density at radius 1 is 0.678 bits per heavy atom. The molecule has 4 atom stereocenters. The van der Waals surface area contributed by atoms with Crippen molar-refractivity contribution in [1.82, 2.24) is 14.3 Å². The first-order valence-electron chi connectivity index (χ1n) is 20.9. The Hall–Kier alpha value is -7.11. The van der Waals surface area contributed by atoms with Gasteiger partial charge in [0.25, 0.3) is 0 Å². The highest BCUT2D eigenvalue weighted by Gasteiger charge is 2.39. The van der Waals surface area contributed by atoms with E-state index in [1.54, 1.807) is 0 Å². The molecule has 6 aliphatic rings. The van der Waals surface area contributed by atoms with Crippen LogP contribution in [-0.2, 0) is 0 Å². The number of fused-ring (bicyclic) bond motifs is 16. The Labute approximate surface area is 342 Å². The lowest BCUT2D eigenvalue weighted by Gasteiger charge is -2.30. The van der Waals surface area contributed by atoms with Gasteiger partial charge in [0, 0.05) is 69.0 Å². The first-order chi connectivity index (χ1) is 29.1. The SMILES string of the molecule is CC1C=CC=C2C1N=C1c3ccccc3C(c3cc(C4=CC5CC(=NC6=CC=CCC65)c5ccccc54)cc(-c4cn5c6ccccc6nc5c5ccccc45)c3)=CN21. The second kappa shape index (κ2) is 12.4. The van der Waals surface area contributed by atoms with Gasteiger partial charge in [-0.2, -0.15) is 0 Å². The Bertz CT molecular complexity index is 3270. The summed E-state index contributed by atoms with van der Waals surface area (Å²) < 4.78 is 2.29. The molecule has 5 nitrogen and oxygen atoms in total. The normalized spacial score (nSPS) is 22.3. The highest BCUT2D eigenvalue weighted by atomic mass is 15.3. The van der Waals surface area contributed by atoms with Crippen molar-refractivity contribution < 1.29 is 0 Å². The van der Waals surface area contributed by atoms with Gasteiger partial charge < -0.3 is 4.90 Å². The first kappa shape index (κ1) is 32.9. The van der Waals surface area contributed by atoms with E-state index in [1.165, 1.54) is 78.1 Å². The summed E-state index contributed by atoms with van der Waals surface area (Å²) in [6.07, 6.45) is 22.7. The lowest BCUT2D eigenvalue weighted by atomic mass is 9.78. The van der Waals surface area contributed by atoms with Crippen molar-refractivity contribution in [1.29, 1.82) is 0 Å². The Kier molecular flexibility index (Phi) is 6.94. The lowest BCUT2D eigenvalue weighted by Crippen LogP contribution is -2.29. The molecule has 5 heterocycles. The average molecular weight is 758 g/mol. The number of hydrogen-bond acceptors (Lipinski definition) is 4. The van der Waals surface area contributed by atoms with Crippen LogP contribution in [0, 0.1) is 17.8 Å². The van der Waals surface area contributed by atoms with Crippen molar-refractivity contribution in [2.24, 2.45) is 27.7 Å². The molecule has 7 aromatic rings. The Balaban J connectivity index is 1.10. The monoisotopic (exact) mass is 757 g/mol. The molecule has 0 N–H and O–H groups in total. The van der Waals surface area contributed by atoms with Crippen LogP contribution in [0.2, 0.25) is 0 Å². The van der Waals surface area contributed by atoms with Gasteiger partial charge in [-0.15, -0.1) is 0 Å². The van der Waals surface area contributed by atoms with Gasteiger partial charge in [0.15, 0.2) is 0 Å². The fourth-order valence-electron chi connectivity index (χ4n) is 10.6. The largest absolute Gasteiger partial charge is 0.303 e. The van der Waals surface area contributed by atoms with Crippen LogP contribution in [0.25, 0.3) is 49.7 Å². The Morgan fingerprint density at radius 2 is 1.41 bits per heavy atom. The van der Waals surface area contributed by atoms with Gasteiger partial charge in [-0.3, -0.25) is 14.4 Å². The Morgan fingerprint density at radius 3 is 2.29 bits per heavy atom. The number of rotatable bonds is 3. The number of nitrogens with zero attached hydrogens (tertiary/aromatic N) is 5. The zero-order valence-corrected chi connectivity index (χ0v) is 32.6. The molecule has 4 unspecified atom stereocenters. The van der Waals surface area contributed by atoms with Gasteiger partial charge in [-0.25, -0.2) is 4.98 Å². The van der Waals surface area contributed by atoms with E-state index in [4.69, 9.17) is 15.0 Å². The summed E-state index contributed by atoms with van der Waals surface area (Å²) in [6.45, 7) is 2.27. The standard InChI is InChI=1S/C54H39N5/c1-32-13-12-24-51-52(32)57-54-43-20-7-4-17-40(43)46(31-59(51)54)35-26-33(44-28-36-29-49(41-18-5-2-15-38(41)44)55-47-21-9-8-14-37(36)47)25-34(27-35)45-30-58-50-23-11-10-22-48(50)56-53(58)42-19-6-3-16-39(42)45/h2-13,15-28,30-32,36-37,52H,14,29H2,1H3. The molecule has 5 heteroatoms. The third-order valence-electron chi connectivity index (χ3n) is 13.4. The van der Waals surface area contributed by atoms with E-state index in [0.29, 0.717) is 17.8 Å². The van der Waals surface area contributed by atoms with Crippen LogP contribution in [-0.4, -0.2) is 31.9 Å². The van der Waals surface area contributed by atoms with Crippen LogP contribution in [0.3, 0.4) is 0 Å². The zero-order valence-electron chi connectivity index (χ0n) is 32.6. The van der Waals surface area contributed by atoms with Crippen molar-refractivity contribution in [2.45, 2.75) is 25.8 Å². The summed E-state index contributed by atoms with van der Waals surface area (Å²) in [5.41, 5.74) is 18.8. The fraction of sp³-hybridized carbons (Fsp3) is 0.130. The molecule has 0 fully saturated rings. The number of para-hydroxylation sites is 2. The van der Waals surface area contributed by atoms with Crippen molar-refractivity contribution in [3.8, 4) is 11.1 Å². The second-order valence-electron chi connectivity index (χ2n) is 16.8. The number of amidine groups is 1. The number of benzene rings is 5. The third-order valence-corrected chi connectivity index (χ3v) is 13.4. The maximum absolute atomic E-state index is 5.36. The molecule has 5 aromatic carbocycles. The summed E-state index contributed by atoms with van der Waals surface area (Å²) in [4.78, 5) is 18.2. The van der Waals surface area contributed by atoms with Crippen LogP contribution in [0.15, 0.2) is 192 Å². The van der Waals surface area contributed by atoms with E-state index in [1.807, 2.05) is 0 Å². The molecule has 0 spiro atoms. The van der Waals surface area contributed by atoms with Gasteiger partial charge in [-0.1, -0.05) is 122 Å². The van der Waals surface area contributed by atoms with Crippen molar-refractivity contribution >= 4 is 50.1 Å². The minimum Gasteiger partial charge on any atom is -0.303 e. The molecule has 0 saturated carbocycles. The van der Waals surface area contributed by atoms with Gasteiger partial charge in [-0.05, 0) is 100 Å². The highest BCUT2D eigenvalue weighted by Crippen LogP contribution is 2.47. The van der Waals surface area contributed by atoms with Crippen molar-refractivity contribution in [3.63, 3.8) is 0 Å². The summed E-state index contributed by atoms with van der Waals surface area (Å²) in [7, 11) is 0. The minimum atomic E-state index is 0.104. The maximum atomic E-state index is 5.36. The van der Waals surface area contributed by atoms with Crippen LogP contribution in [0.5, 0.6) is 0 Å². The topological polar surface area (TPSA) is 45.3 Å². The van der Waals surface area contributed by atoms with Crippen LogP contribution < -0.4 is 0 Å². The van der Waals surface area contributed by atoms with Crippen LogP contribution in [0.1, 0.15) is 53.1 Å².